The lowest BCUT2D eigenvalue weighted by atomic mass is 10.3. The van der Waals surface area contributed by atoms with E-state index in [1.807, 2.05) is 25.1 Å². The molecule has 1 aromatic carbocycles. The van der Waals surface area contributed by atoms with Crippen LogP contribution >= 0.6 is 25.3 Å². The molecule has 0 radical (unpaired) electrons. The summed E-state index contributed by atoms with van der Waals surface area (Å²) >= 11 is 0. The fraction of sp³-hybridized carbons (Fsp3) is 0.111. The second kappa shape index (κ2) is 4.15. The van der Waals surface area contributed by atoms with E-state index in [2.05, 4.69) is 32.0 Å². The van der Waals surface area contributed by atoms with Crippen LogP contribution in [0.25, 0.3) is 15.9 Å². The first-order valence-corrected chi connectivity index (χ1v) is 8.88. The average molecular weight is 254 g/mol. The first-order chi connectivity index (χ1) is 7.13. The summed E-state index contributed by atoms with van der Waals surface area (Å²) < 4.78 is 2.23. The molecule has 0 spiro atoms. The molecule has 1 aromatic heterocycles. The molecule has 2 unspecified atom stereocenters. The van der Waals surface area contributed by atoms with Crippen LogP contribution in [-0.4, -0.2) is 4.98 Å². The van der Waals surface area contributed by atoms with E-state index in [-0.39, 0.29) is 7.45 Å². The van der Waals surface area contributed by atoms with Crippen LogP contribution in [0.2, 0.25) is 0 Å². The third kappa shape index (κ3) is 1.91. The highest BCUT2D eigenvalue weighted by Crippen LogP contribution is 2.48. The number of fused-ring (bicyclic) bond motifs is 1. The molecule has 1 N–H and O–H groups in total. The maximum Gasteiger partial charge on any atom is 0.254 e. The van der Waals surface area contributed by atoms with Gasteiger partial charge in [-0.15, -0.1) is 0 Å². The van der Waals surface area contributed by atoms with Crippen LogP contribution in [0.3, 0.4) is 0 Å². The van der Waals surface area contributed by atoms with Gasteiger partial charge in [0.05, 0.1) is 6.57 Å². The Balaban J connectivity index is 2.75. The lowest BCUT2D eigenvalue weighted by Gasteiger charge is -2.01. The van der Waals surface area contributed by atoms with Gasteiger partial charge in [0.1, 0.15) is 7.45 Å². The topological polar surface area (TPSA) is 24.0 Å². The SMILES string of the molecule is [C-]#[N+]c1ccc2c(c1)[nH]c(C)[n+]2P(P)P. The number of benzene rings is 1. The van der Waals surface area contributed by atoms with E-state index in [0.717, 1.165) is 16.9 Å². The molecule has 1 heterocycles. The Morgan fingerprint density at radius 2 is 2.20 bits per heavy atom. The number of rotatable bonds is 1. The van der Waals surface area contributed by atoms with Gasteiger partial charge in [0.25, 0.3) is 5.82 Å². The smallest absolute Gasteiger partial charge is 0.242 e. The largest absolute Gasteiger partial charge is 0.254 e. The lowest BCUT2D eigenvalue weighted by molar-refractivity contribution is -0.481. The van der Waals surface area contributed by atoms with Crippen molar-refractivity contribution in [1.29, 1.82) is 0 Å². The predicted molar refractivity (Wildman–Crippen MR) is 71.2 cm³/mol. The van der Waals surface area contributed by atoms with E-state index in [9.17, 15) is 0 Å². The van der Waals surface area contributed by atoms with Gasteiger partial charge < -0.3 is 0 Å². The Morgan fingerprint density at radius 3 is 2.80 bits per heavy atom. The summed E-state index contributed by atoms with van der Waals surface area (Å²) in [6.07, 6.45) is 0. The van der Waals surface area contributed by atoms with Crippen molar-refractivity contribution in [2.24, 2.45) is 0 Å². The van der Waals surface area contributed by atoms with Crippen LogP contribution in [0.5, 0.6) is 0 Å². The van der Waals surface area contributed by atoms with E-state index < -0.39 is 0 Å². The monoisotopic (exact) mass is 254 g/mol. The van der Waals surface area contributed by atoms with E-state index in [0.29, 0.717) is 5.69 Å². The quantitative estimate of drug-likeness (QED) is 0.597. The molecule has 0 aliphatic rings. The summed E-state index contributed by atoms with van der Waals surface area (Å²) in [7, 11) is 5.26. The number of hydrogen-bond acceptors (Lipinski definition) is 0. The number of aryl methyl sites for hydroxylation is 1. The standard InChI is InChI=1S/C9H10N3P3/c1-6-11-8-5-7(10-2)3-4-9(8)12(6)15(13)14/h3-5H,13-14H2,1H3/p+1. The summed E-state index contributed by atoms with van der Waals surface area (Å²) in [5.41, 5.74) is 2.85. The number of imidazole rings is 1. The minimum Gasteiger partial charge on any atom is -0.242 e. The van der Waals surface area contributed by atoms with Crippen LogP contribution in [0.1, 0.15) is 5.82 Å². The van der Waals surface area contributed by atoms with Gasteiger partial charge >= 0.3 is 0 Å². The van der Waals surface area contributed by atoms with Gasteiger partial charge in [-0.25, -0.2) is 14.2 Å². The normalized spacial score (nSPS) is 10.9. The maximum absolute atomic E-state index is 6.96. The Hall–Kier alpha value is -0.530. The highest BCUT2D eigenvalue weighted by Gasteiger charge is 2.17. The predicted octanol–water partition coefficient (Wildman–Crippen LogP) is 3.14. The zero-order valence-electron chi connectivity index (χ0n) is 8.23. The van der Waals surface area contributed by atoms with Crippen molar-refractivity contribution in [2.75, 3.05) is 0 Å². The summed E-state index contributed by atoms with van der Waals surface area (Å²) in [4.78, 5) is 6.71. The fourth-order valence-corrected chi connectivity index (χ4v) is 4.21. The van der Waals surface area contributed by atoms with Gasteiger partial charge in [0, 0.05) is 6.92 Å². The Bertz CT molecular complexity index is 553. The third-order valence-electron chi connectivity index (χ3n) is 2.20. The highest BCUT2D eigenvalue weighted by atomic mass is 32.4. The van der Waals surface area contributed by atoms with Crippen molar-refractivity contribution in [2.45, 2.75) is 6.92 Å². The zero-order valence-corrected chi connectivity index (χ0v) is 11.4. The molecule has 3 nitrogen and oxygen atoms in total. The molecule has 76 valence electrons. The van der Waals surface area contributed by atoms with Crippen molar-refractivity contribution in [3.05, 3.63) is 35.4 Å². The van der Waals surface area contributed by atoms with Gasteiger partial charge in [-0.3, -0.25) is 0 Å². The minimum atomic E-state index is -0.352. The number of aromatic amines is 1. The molecule has 0 aliphatic carbocycles. The highest BCUT2D eigenvalue weighted by molar-refractivity contribution is 8.40. The second-order valence-electron chi connectivity index (χ2n) is 3.22. The van der Waals surface area contributed by atoms with Gasteiger partial charge in [-0.05, 0) is 12.1 Å². The van der Waals surface area contributed by atoms with Gasteiger partial charge in [-0.2, -0.15) is 0 Å². The molecular weight excluding hydrogens is 243 g/mol. The molecule has 2 atom stereocenters. The number of H-pyrrole nitrogens is 1. The van der Waals surface area contributed by atoms with Crippen LogP contribution in [0, 0.1) is 13.5 Å². The van der Waals surface area contributed by atoms with Gasteiger partial charge in [0.2, 0.25) is 0 Å². The van der Waals surface area contributed by atoms with E-state index in [1.165, 1.54) is 0 Å². The Morgan fingerprint density at radius 1 is 1.47 bits per heavy atom. The molecule has 0 saturated carbocycles. The maximum atomic E-state index is 6.96. The molecule has 0 aliphatic heterocycles. The fourth-order valence-electron chi connectivity index (χ4n) is 1.60. The van der Waals surface area contributed by atoms with E-state index in [1.54, 1.807) is 0 Å². The van der Waals surface area contributed by atoms with Crippen molar-refractivity contribution in [3.63, 3.8) is 0 Å². The van der Waals surface area contributed by atoms with Crippen LogP contribution in [0.4, 0.5) is 5.69 Å². The minimum absolute atomic E-state index is 0.352. The van der Waals surface area contributed by atoms with Gasteiger partial charge in [-0.1, -0.05) is 23.9 Å². The van der Waals surface area contributed by atoms with Crippen molar-refractivity contribution >= 4 is 42.0 Å². The Kier molecular flexibility index (Phi) is 3.03. The first kappa shape index (κ1) is 11.0. The molecule has 0 amide bonds. The summed E-state index contributed by atoms with van der Waals surface area (Å²) in [6.45, 7) is 9.01. The van der Waals surface area contributed by atoms with Crippen molar-refractivity contribution in [3.8, 4) is 0 Å². The molecule has 0 bridgehead atoms. The van der Waals surface area contributed by atoms with E-state index >= 15 is 0 Å². The molecule has 2 rings (SSSR count). The van der Waals surface area contributed by atoms with Gasteiger partial charge in [0.15, 0.2) is 16.7 Å². The third-order valence-corrected chi connectivity index (χ3v) is 4.56. The number of aromatic nitrogens is 2. The zero-order chi connectivity index (χ0) is 11.0. The molecule has 15 heavy (non-hydrogen) atoms. The molecule has 0 fully saturated rings. The van der Waals surface area contributed by atoms with Crippen LogP contribution < -0.4 is 4.34 Å². The van der Waals surface area contributed by atoms with Crippen LogP contribution in [-0.2, 0) is 0 Å². The second-order valence-corrected chi connectivity index (χ2v) is 9.34. The van der Waals surface area contributed by atoms with Crippen LogP contribution in [0.15, 0.2) is 18.2 Å². The first-order valence-electron chi connectivity index (χ1n) is 4.35. The summed E-state index contributed by atoms with van der Waals surface area (Å²) in [5.74, 6) is 1.11. The van der Waals surface area contributed by atoms with Crippen molar-refractivity contribution in [1.82, 2.24) is 4.98 Å². The molecule has 6 heteroatoms. The van der Waals surface area contributed by atoms with E-state index in [4.69, 9.17) is 6.57 Å². The lowest BCUT2D eigenvalue weighted by Crippen LogP contribution is -2.25. The summed E-state index contributed by atoms with van der Waals surface area (Å²) in [6, 6.07) is 5.74. The molecule has 2 aromatic rings. The number of nitrogens with zero attached hydrogens (tertiary/aromatic N) is 2. The Labute approximate surface area is 94.1 Å². The summed E-state index contributed by atoms with van der Waals surface area (Å²) in [5, 5.41) is 0. The molecular formula is C9H11N3P3+. The number of hydrogen-bond donors (Lipinski definition) is 1. The average Bonchev–Trinajstić information content (AvgIpc) is 2.52. The van der Waals surface area contributed by atoms with Crippen molar-refractivity contribution < 1.29 is 4.34 Å². The molecule has 0 saturated heterocycles. The number of nitrogens with one attached hydrogen (secondary N) is 1.